The minimum absolute atomic E-state index is 0.0602. The van der Waals surface area contributed by atoms with Gasteiger partial charge in [0, 0.05) is 6.54 Å². The summed E-state index contributed by atoms with van der Waals surface area (Å²) >= 11 is 0. The van der Waals surface area contributed by atoms with E-state index in [1.165, 1.54) is 25.7 Å². The molecule has 0 radical (unpaired) electrons. The number of rotatable bonds is 0. The first-order valence-corrected chi connectivity index (χ1v) is 4.22. The maximum atomic E-state index is 9.62. The molecule has 0 amide bonds. The van der Waals surface area contributed by atoms with Gasteiger partial charge in [-0.25, -0.2) is 0 Å². The zero-order valence-electron chi connectivity index (χ0n) is 6.27. The highest BCUT2D eigenvalue weighted by atomic mass is 16.3. The first kappa shape index (κ1) is 6.62. The van der Waals surface area contributed by atoms with Gasteiger partial charge < -0.3 is 10.4 Å². The van der Waals surface area contributed by atoms with Gasteiger partial charge in [0.05, 0.1) is 6.10 Å². The molecule has 2 nitrogen and oxygen atoms in total. The highest BCUT2D eigenvalue weighted by molar-refractivity contribution is 4.97. The van der Waals surface area contributed by atoms with Crippen LogP contribution in [0.25, 0.3) is 0 Å². The summed E-state index contributed by atoms with van der Waals surface area (Å²) < 4.78 is 0. The Labute approximate surface area is 61.6 Å². The Morgan fingerprint density at radius 1 is 1.30 bits per heavy atom. The third-order valence-corrected chi connectivity index (χ3v) is 3.19. The van der Waals surface area contributed by atoms with E-state index in [1.807, 2.05) is 0 Å². The van der Waals surface area contributed by atoms with Gasteiger partial charge in [-0.05, 0) is 31.2 Å². The summed E-state index contributed by atoms with van der Waals surface area (Å²) in [6.45, 7) is 1.93. The molecule has 1 heterocycles. The Bertz CT molecular complexity index is 131. The summed E-state index contributed by atoms with van der Waals surface area (Å²) in [5.74, 6) is 0. The van der Waals surface area contributed by atoms with E-state index < -0.39 is 0 Å². The van der Waals surface area contributed by atoms with Crippen LogP contribution in [0.1, 0.15) is 25.7 Å². The summed E-state index contributed by atoms with van der Waals surface area (Å²) in [4.78, 5) is 0. The molecule has 1 aliphatic heterocycles. The quantitative estimate of drug-likeness (QED) is 0.515. The highest BCUT2D eigenvalue weighted by Gasteiger charge is 2.44. The molecule has 10 heavy (non-hydrogen) atoms. The Morgan fingerprint density at radius 3 is 2.50 bits per heavy atom. The van der Waals surface area contributed by atoms with Crippen molar-refractivity contribution in [3.05, 3.63) is 0 Å². The largest absolute Gasteiger partial charge is 0.391 e. The Hall–Kier alpha value is -0.0800. The molecule has 2 fully saturated rings. The predicted molar refractivity (Wildman–Crippen MR) is 39.8 cm³/mol. The molecule has 0 bridgehead atoms. The van der Waals surface area contributed by atoms with Gasteiger partial charge in [-0.2, -0.15) is 0 Å². The minimum atomic E-state index is -0.0602. The Morgan fingerprint density at radius 2 is 2.10 bits per heavy atom. The minimum Gasteiger partial charge on any atom is -0.391 e. The molecule has 2 aliphatic rings. The van der Waals surface area contributed by atoms with Gasteiger partial charge >= 0.3 is 0 Å². The number of aliphatic hydroxyl groups is 1. The number of hydrogen-bond acceptors (Lipinski definition) is 2. The summed E-state index contributed by atoms with van der Waals surface area (Å²) in [5, 5.41) is 12.8. The number of β-amino-alcohol motifs (C(OH)–C–C–N with tert-alkyl or cyclic N) is 1. The van der Waals surface area contributed by atoms with Crippen LogP contribution in [0.4, 0.5) is 0 Å². The molecule has 0 aromatic rings. The maximum absolute atomic E-state index is 9.62. The molecule has 1 atom stereocenters. The smallest absolute Gasteiger partial charge is 0.0721 e. The van der Waals surface area contributed by atoms with Crippen molar-refractivity contribution >= 4 is 0 Å². The first-order chi connectivity index (χ1) is 4.83. The zero-order chi connectivity index (χ0) is 7.03. The second-order valence-electron chi connectivity index (χ2n) is 3.69. The van der Waals surface area contributed by atoms with Crippen molar-refractivity contribution in [2.24, 2.45) is 5.41 Å². The van der Waals surface area contributed by atoms with Crippen LogP contribution >= 0.6 is 0 Å². The Kier molecular flexibility index (Phi) is 1.46. The van der Waals surface area contributed by atoms with Gasteiger partial charge in [-0.1, -0.05) is 6.42 Å². The Balaban J connectivity index is 2.03. The molecule has 1 spiro atoms. The van der Waals surface area contributed by atoms with Crippen LogP contribution in [0.2, 0.25) is 0 Å². The fourth-order valence-corrected chi connectivity index (χ4v) is 2.17. The number of nitrogens with one attached hydrogen (secondary N) is 1. The van der Waals surface area contributed by atoms with E-state index in [1.54, 1.807) is 0 Å². The van der Waals surface area contributed by atoms with Crippen LogP contribution in [0, 0.1) is 5.41 Å². The van der Waals surface area contributed by atoms with E-state index in [-0.39, 0.29) is 6.10 Å². The van der Waals surface area contributed by atoms with Crippen LogP contribution in [-0.2, 0) is 0 Å². The molecule has 1 saturated carbocycles. The van der Waals surface area contributed by atoms with Crippen molar-refractivity contribution in [3.63, 3.8) is 0 Å². The van der Waals surface area contributed by atoms with Gasteiger partial charge in [-0.3, -0.25) is 0 Å². The van der Waals surface area contributed by atoms with E-state index in [9.17, 15) is 5.11 Å². The average Bonchev–Trinajstić information content (AvgIpc) is 1.85. The third-order valence-electron chi connectivity index (χ3n) is 3.19. The second-order valence-corrected chi connectivity index (χ2v) is 3.69. The van der Waals surface area contributed by atoms with E-state index in [0.29, 0.717) is 5.41 Å². The van der Waals surface area contributed by atoms with Crippen LogP contribution in [0.5, 0.6) is 0 Å². The fourth-order valence-electron chi connectivity index (χ4n) is 2.17. The normalized spacial score (nSPS) is 37.5. The number of aliphatic hydroxyl groups excluding tert-OH is 1. The third kappa shape index (κ3) is 0.789. The van der Waals surface area contributed by atoms with Gasteiger partial charge in [0.15, 0.2) is 0 Å². The van der Waals surface area contributed by atoms with Gasteiger partial charge in [0.1, 0.15) is 0 Å². The van der Waals surface area contributed by atoms with Gasteiger partial charge in [-0.15, -0.1) is 0 Å². The monoisotopic (exact) mass is 141 g/mol. The van der Waals surface area contributed by atoms with Crippen molar-refractivity contribution in [3.8, 4) is 0 Å². The molecular formula is C8H15NO. The summed E-state index contributed by atoms with van der Waals surface area (Å²) in [5.41, 5.74) is 0.352. The van der Waals surface area contributed by atoms with Crippen LogP contribution < -0.4 is 5.32 Å². The fraction of sp³-hybridized carbons (Fsp3) is 1.00. The van der Waals surface area contributed by atoms with E-state index in [0.717, 1.165) is 13.1 Å². The molecule has 2 heteroatoms. The van der Waals surface area contributed by atoms with Crippen LogP contribution in [-0.4, -0.2) is 24.3 Å². The summed E-state index contributed by atoms with van der Waals surface area (Å²) in [7, 11) is 0. The molecule has 2 rings (SSSR count). The lowest BCUT2D eigenvalue weighted by Gasteiger charge is -2.48. The molecular weight excluding hydrogens is 126 g/mol. The predicted octanol–water partition coefficient (Wildman–Crippen LogP) is 0.511. The molecule has 2 N–H and O–H groups in total. The van der Waals surface area contributed by atoms with Crippen molar-refractivity contribution < 1.29 is 5.11 Å². The molecule has 1 unspecified atom stereocenters. The van der Waals surface area contributed by atoms with E-state index >= 15 is 0 Å². The van der Waals surface area contributed by atoms with Gasteiger partial charge in [0.25, 0.3) is 0 Å². The second kappa shape index (κ2) is 2.21. The topological polar surface area (TPSA) is 32.3 Å². The van der Waals surface area contributed by atoms with Crippen molar-refractivity contribution in [1.82, 2.24) is 5.32 Å². The molecule has 58 valence electrons. The number of hydrogen-bond donors (Lipinski definition) is 2. The van der Waals surface area contributed by atoms with Crippen molar-refractivity contribution in [2.75, 3.05) is 13.1 Å². The standard InChI is InChI=1S/C8H15NO/c10-7-6-9-5-4-8(7)2-1-3-8/h7,9-10H,1-6H2. The van der Waals surface area contributed by atoms with Crippen LogP contribution in [0.15, 0.2) is 0 Å². The lowest BCUT2D eigenvalue weighted by Crippen LogP contribution is -2.52. The first-order valence-electron chi connectivity index (χ1n) is 4.22. The molecule has 1 aliphatic carbocycles. The van der Waals surface area contributed by atoms with E-state index in [2.05, 4.69) is 5.32 Å². The number of piperidine rings is 1. The van der Waals surface area contributed by atoms with E-state index in [4.69, 9.17) is 0 Å². The van der Waals surface area contributed by atoms with Crippen molar-refractivity contribution in [2.45, 2.75) is 31.8 Å². The summed E-state index contributed by atoms with van der Waals surface area (Å²) in [6, 6.07) is 0. The SMILES string of the molecule is OC1CNCCC12CCC2. The molecule has 0 aromatic carbocycles. The lowest BCUT2D eigenvalue weighted by molar-refractivity contribution is -0.0554. The molecule has 0 aromatic heterocycles. The maximum Gasteiger partial charge on any atom is 0.0721 e. The zero-order valence-corrected chi connectivity index (χ0v) is 6.27. The highest BCUT2D eigenvalue weighted by Crippen LogP contribution is 2.47. The molecule has 1 saturated heterocycles. The van der Waals surface area contributed by atoms with Gasteiger partial charge in [0.2, 0.25) is 0 Å². The average molecular weight is 141 g/mol. The van der Waals surface area contributed by atoms with Crippen LogP contribution in [0.3, 0.4) is 0 Å². The van der Waals surface area contributed by atoms with Crippen molar-refractivity contribution in [1.29, 1.82) is 0 Å². The lowest BCUT2D eigenvalue weighted by atomic mass is 9.62. The summed E-state index contributed by atoms with van der Waals surface area (Å²) in [6.07, 6.45) is 4.98.